The first kappa shape index (κ1) is 13.3. The van der Waals surface area contributed by atoms with Gasteiger partial charge in [-0.05, 0) is 17.0 Å². The molecule has 0 bridgehead atoms. The van der Waals surface area contributed by atoms with Gasteiger partial charge < -0.3 is 10.1 Å². The van der Waals surface area contributed by atoms with Crippen LogP contribution in [0.15, 0.2) is 47.8 Å². The third kappa shape index (κ3) is 4.22. The molecule has 1 amide bonds. The van der Waals surface area contributed by atoms with Gasteiger partial charge in [0.15, 0.2) is 0 Å². The standard InChI is InChI=1S/C14H13NO3S/c16-13(18-10-11-5-2-1-3-6-11)9-15-14(17)12-7-4-8-19-12/h1-8H,9-10H2,(H,15,17). The van der Waals surface area contributed by atoms with Gasteiger partial charge in [-0.2, -0.15) is 0 Å². The van der Waals surface area contributed by atoms with Crippen LogP contribution in [0.1, 0.15) is 15.2 Å². The van der Waals surface area contributed by atoms with E-state index in [1.165, 1.54) is 11.3 Å². The molecule has 0 spiro atoms. The minimum absolute atomic E-state index is 0.121. The van der Waals surface area contributed by atoms with Crippen LogP contribution in [-0.2, 0) is 16.1 Å². The summed E-state index contributed by atoms with van der Waals surface area (Å²) >= 11 is 1.33. The first-order valence-corrected chi connectivity index (χ1v) is 6.65. The zero-order chi connectivity index (χ0) is 13.5. The fraction of sp³-hybridized carbons (Fsp3) is 0.143. The molecule has 2 rings (SSSR count). The summed E-state index contributed by atoms with van der Waals surface area (Å²) in [5, 5.41) is 4.33. The van der Waals surface area contributed by atoms with Crippen LogP contribution in [0, 0.1) is 0 Å². The van der Waals surface area contributed by atoms with Gasteiger partial charge in [-0.15, -0.1) is 11.3 Å². The molecule has 0 fully saturated rings. The summed E-state index contributed by atoms with van der Waals surface area (Å²) in [4.78, 5) is 23.6. The van der Waals surface area contributed by atoms with Crippen molar-refractivity contribution in [3.05, 3.63) is 58.3 Å². The molecule has 0 aliphatic rings. The lowest BCUT2D eigenvalue weighted by atomic mass is 10.2. The van der Waals surface area contributed by atoms with Gasteiger partial charge in [0.05, 0.1) is 4.88 Å². The molecule has 0 saturated carbocycles. The molecule has 1 N–H and O–H groups in total. The highest BCUT2D eigenvalue weighted by Gasteiger charge is 2.09. The zero-order valence-electron chi connectivity index (χ0n) is 10.2. The lowest BCUT2D eigenvalue weighted by Crippen LogP contribution is -2.30. The van der Waals surface area contributed by atoms with Crippen molar-refractivity contribution >= 4 is 23.2 Å². The first-order chi connectivity index (χ1) is 9.25. The molecule has 0 aliphatic carbocycles. The molecule has 98 valence electrons. The normalized spacial score (nSPS) is 9.89. The van der Waals surface area contributed by atoms with Crippen LogP contribution in [-0.4, -0.2) is 18.4 Å². The van der Waals surface area contributed by atoms with Crippen molar-refractivity contribution in [2.75, 3.05) is 6.54 Å². The monoisotopic (exact) mass is 275 g/mol. The van der Waals surface area contributed by atoms with Crippen molar-refractivity contribution in [1.29, 1.82) is 0 Å². The molecule has 0 aliphatic heterocycles. The van der Waals surface area contributed by atoms with Gasteiger partial charge in [0.1, 0.15) is 13.2 Å². The summed E-state index contributed by atoms with van der Waals surface area (Å²) in [5.74, 6) is -0.708. The Balaban J connectivity index is 1.72. The van der Waals surface area contributed by atoms with Crippen LogP contribution in [0.2, 0.25) is 0 Å². The van der Waals surface area contributed by atoms with E-state index in [0.29, 0.717) is 4.88 Å². The molecule has 4 nitrogen and oxygen atoms in total. The van der Waals surface area contributed by atoms with E-state index in [1.54, 1.807) is 12.1 Å². The van der Waals surface area contributed by atoms with E-state index in [2.05, 4.69) is 5.32 Å². The van der Waals surface area contributed by atoms with E-state index >= 15 is 0 Å². The molecule has 1 aromatic carbocycles. The van der Waals surface area contributed by atoms with E-state index in [9.17, 15) is 9.59 Å². The topological polar surface area (TPSA) is 55.4 Å². The van der Waals surface area contributed by atoms with E-state index in [0.717, 1.165) is 5.56 Å². The van der Waals surface area contributed by atoms with Crippen molar-refractivity contribution in [2.24, 2.45) is 0 Å². The molecule has 2 aromatic rings. The maximum Gasteiger partial charge on any atom is 0.325 e. The number of carbonyl (C=O) groups is 2. The molecule has 1 aromatic heterocycles. The smallest absolute Gasteiger partial charge is 0.325 e. The number of benzene rings is 1. The average Bonchev–Trinajstić information content (AvgIpc) is 2.98. The molecule has 1 heterocycles. The molecule has 19 heavy (non-hydrogen) atoms. The highest BCUT2D eigenvalue weighted by Crippen LogP contribution is 2.07. The van der Waals surface area contributed by atoms with Crippen LogP contribution in [0.4, 0.5) is 0 Å². The Hall–Kier alpha value is -2.14. The lowest BCUT2D eigenvalue weighted by molar-refractivity contribution is -0.143. The number of amides is 1. The van der Waals surface area contributed by atoms with Crippen LogP contribution in [0.25, 0.3) is 0 Å². The summed E-state index contributed by atoms with van der Waals surface area (Å²) in [6.45, 7) is 0.0953. The Morgan fingerprint density at radius 1 is 1.11 bits per heavy atom. The highest BCUT2D eigenvalue weighted by molar-refractivity contribution is 7.12. The van der Waals surface area contributed by atoms with Crippen molar-refractivity contribution < 1.29 is 14.3 Å². The molecule has 0 radical (unpaired) electrons. The van der Waals surface area contributed by atoms with E-state index in [-0.39, 0.29) is 19.1 Å². The number of esters is 1. The summed E-state index contributed by atoms with van der Waals surface area (Å²) in [6.07, 6.45) is 0. The predicted octanol–water partition coefficient (Wildman–Crippen LogP) is 2.22. The summed E-state index contributed by atoms with van der Waals surface area (Å²) in [6, 6.07) is 12.9. The van der Waals surface area contributed by atoms with Crippen LogP contribution < -0.4 is 5.32 Å². The second-order valence-electron chi connectivity index (χ2n) is 3.81. The van der Waals surface area contributed by atoms with Gasteiger partial charge in [-0.1, -0.05) is 36.4 Å². The van der Waals surface area contributed by atoms with Crippen molar-refractivity contribution in [3.8, 4) is 0 Å². The number of carbonyl (C=O) groups excluding carboxylic acids is 2. The van der Waals surface area contributed by atoms with Gasteiger partial charge in [-0.25, -0.2) is 0 Å². The van der Waals surface area contributed by atoms with Crippen molar-refractivity contribution in [3.63, 3.8) is 0 Å². The summed E-state index contributed by atoms with van der Waals surface area (Å²) in [7, 11) is 0. The third-order valence-corrected chi connectivity index (χ3v) is 3.25. The van der Waals surface area contributed by atoms with Gasteiger partial charge in [0.25, 0.3) is 5.91 Å². The molecule has 0 atom stereocenters. The predicted molar refractivity (Wildman–Crippen MR) is 72.9 cm³/mol. The average molecular weight is 275 g/mol. The fourth-order valence-corrected chi connectivity index (χ4v) is 2.08. The number of hydrogen-bond donors (Lipinski definition) is 1. The number of ether oxygens (including phenoxy) is 1. The van der Waals surface area contributed by atoms with E-state index in [1.807, 2.05) is 35.7 Å². The lowest BCUT2D eigenvalue weighted by Gasteiger charge is -2.05. The fourth-order valence-electron chi connectivity index (χ4n) is 1.44. The Kier molecular flexibility index (Phi) is 4.69. The largest absolute Gasteiger partial charge is 0.460 e. The number of thiophene rings is 1. The Morgan fingerprint density at radius 3 is 2.58 bits per heavy atom. The van der Waals surface area contributed by atoms with Crippen LogP contribution in [0.5, 0.6) is 0 Å². The van der Waals surface area contributed by atoms with Crippen LogP contribution >= 0.6 is 11.3 Å². The molecule has 5 heteroatoms. The first-order valence-electron chi connectivity index (χ1n) is 5.77. The van der Waals surface area contributed by atoms with Gasteiger partial charge >= 0.3 is 5.97 Å². The molecular weight excluding hydrogens is 262 g/mol. The Bertz CT molecular complexity index is 537. The van der Waals surface area contributed by atoms with Crippen molar-refractivity contribution in [1.82, 2.24) is 5.32 Å². The number of hydrogen-bond acceptors (Lipinski definition) is 4. The summed E-state index contributed by atoms with van der Waals surface area (Å²) < 4.78 is 5.05. The maximum absolute atomic E-state index is 11.6. The van der Waals surface area contributed by atoms with E-state index in [4.69, 9.17) is 4.74 Å². The third-order valence-electron chi connectivity index (χ3n) is 2.38. The van der Waals surface area contributed by atoms with Crippen LogP contribution in [0.3, 0.4) is 0 Å². The maximum atomic E-state index is 11.6. The summed E-state index contributed by atoms with van der Waals surface area (Å²) in [5.41, 5.74) is 0.917. The second kappa shape index (κ2) is 6.70. The zero-order valence-corrected chi connectivity index (χ0v) is 11.0. The SMILES string of the molecule is O=C(CNC(=O)c1cccs1)OCc1ccccc1. The molecule has 0 unspecified atom stereocenters. The quantitative estimate of drug-likeness (QED) is 0.851. The Morgan fingerprint density at radius 2 is 1.89 bits per heavy atom. The van der Waals surface area contributed by atoms with Gasteiger partial charge in [0, 0.05) is 0 Å². The minimum atomic E-state index is -0.450. The number of rotatable bonds is 5. The second-order valence-corrected chi connectivity index (χ2v) is 4.75. The minimum Gasteiger partial charge on any atom is -0.460 e. The van der Waals surface area contributed by atoms with E-state index < -0.39 is 5.97 Å². The number of nitrogens with one attached hydrogen (secondary N) is 1. The van der Waals surface area contributed by atoms with Crippen molar-refractivity contribution in [2.45, 2.75) is 6.61 Å². The Labute approximate surface area is 115 Å². The van der Waals surface area contributed by atoms with Gasteiger partial charge in [-0.3, -0.25) is 9.59 Å². The highest BCUT2D eigenvalue weighted by atomic mass is 32.1. The molecular formula is C14H13NO3S. The van der Waals surface area contributed by atoms with Gasteiger partial charge in [0.2, 0.25) is 0 Å². The molecule has 0 saturated heterocycles.